The topological polar surface area (TPSA) is 23.5 Å². The van der Waals surface area contributed by atoms with E-state index in [1.807, 2.05) is 0 Å². The van der Waals surface area contributed by atoms with E-state index in [1.165, 1.54) is 25.9 Å². The van der Waals surface area contributed by atoms with Crippen LogP contribution in [0.2, 0.25) is 0 Å². The minimum atomic E-state index is 0.345. The van der Waals surface area contributed by atoms with Gasteiger partial charge < -0.3 is 10.0 Å². The zero-order chi connectivity index (χ0) is 8.10. The minimum absolute atomic E-state index is 0.345. The summed E-state index contributed by atoms with van der Waals surface area (Å²) in [6, 6.07) is 0.685. The maximum atomic E-state index is 8.64. The second-order valence-electron chi connectivity index (χ2n) is 3.46. The molecule has 66 valence electrons. The summed E-state index contributed by atoms with van der Waals surface area (Å²) in [6.07, 6.45) is 4.83. The van der Waals surface area contributed by atoms with E-state index in [1.54, 1.807) is 0 Å². The van der Waals surface area contributed by atoms with Crippen LogP contribution >= 0.6 is 0 Å². The second kappa shape index (κ2) is 4.73. The lowest BCUT2D eigenvalue weighted by Gasteiger charge is -2.23. The van der Waals surface area contributed by atoms with Gasteiger partial charge in [0.2, 0.25) is 0 Å². The van der Waals surface area contributed by atoms with E-state index in [-0.39, 0.29) is 0 Å². The summed E-state index contributed by atoms with van der Waals surface area (Å²) in [6.45, 7) is 5.15. The van der Waals surface area contributed by atoms with Crippen molar-refractivity contribution in [1.29, 1.82) is 0 Å². The molecule has 0 aromatic carbocycles. The Morgan fingerprint density at radius 2 is 2.00 bits per heavy atom. The lowest BCUT2D eigenvalue weighted by molar-refractivity contribution is 0.217. The van der Waals surface area contributed by atoms with Crippen molar-refractivity contribution in [3.63, 3.8) is 0 Å². The van der Waals surface area contributed by atoms with Gasteiger partial charge in [0.25, 0.3) is 0 Å². The summed E-state index contributed by atoms with van der Waals surface area (Å²) >= 11 is 0. The third kappa shape index (κ3) is 2.80. The van der Waals surface area contributed by atoms with Gasteiger partial charge in [-0.15, -0.1) is 0 Å². The van der Waals surface area contributed by atoms with Gasteiger partial charge in [-0.1, -0.05) is 0 Å². The summed E-state index contributed by atoms with van der Waals surface area (Å²) < 4.78 is 0. The highest BCUT2D eigenvalue weighted by Gasteiger charge is 2.16. The summed E-state index contributed by atoms with van der Waals surface area (Å²) in [7, 11) is 0. The molecule has 0 aromatic rings. The molecule has 1 rings (SSSR count). The van der Waals surface area contributed by atoms with Crippen LogP contribution < -0.4 is 0 Å². The SMILES string of the molecule is C[C@H](CCCO)N1CCCC1. The van der Waals surface area contributed by atoms with E-state index in [4.69, 9.17) is 5.11 Å². The molecule has 1 heterocycles. The Bertz CT molecular complexity index is 99.7. The van der Waals surface area contributed by atoms with E-state index < -0.39 is 0 Å². The summed E-state index contributed by atoms with van der Waals surface area (Å²) in [5, 5.41) is 8.64. The largest absolute Gasteiger partial charge is 0.396 e. The predicted molar refractivity (Wildman–Crippen MR) is 46.6 cm³/mol. The Hall–Kier alpha value is -0.0800. The van der Waals surface area contributed by atoms with Crippen molar-refractivity contribution >= 4 is 0 Å². The van der Waals surface area contributed by atoms with Crippen LogP contribution in [-0.4, -0.2) is 35.7 Å². The first kappa shape index (κ1) is 9.01. The van der Waals surface area contributed by atoms with Crippen molar-refractivity contribution in [3.05, 3.63) is 0 Å². The number of nitrogens with zero attached hydrogens (tertiary/aromatic N) is 1. The van der Waals surface area contributed by atoms with E-state index in [0.29, 0.717) is 12.6 Å². The van der Waals surface area contributed by atoms with E-state index in [2.05, 4.69) is 11.8 Å². The van der Waals surface area contributed by atoms with Gasteiger partial charge in [-0.3, -0.25) is 0 Å². The van der Waals surface area contributed by atoms with Crippen LogP contribution in [-0.2, 0) is 0 Å². The zero-order valence-corrected chi connectivity index (χ0v) is 7.42. The molecule has 11 heavy (non-hydrogen) atoms. The quantitative estimate of drug-likeness (QED) is 0.663. The van der Waals surface area contributed by atoms with Crippen LogP contribution in [0.25, 0.3) is 0 Å². The van der Waals surface area contributed by atoms with E-state index >= 15 is 0 Å². The average Bonchev–Trinajstić information content (AvgIpc) is 2.52. The van der Waals surface area contributed by atoms with Gasteiger partial charge in [-0.2, -0.15) is 0 Å². The molecular formula is C9H19NO. The first-order valence-electron chi connectivity index (χ1n) is 4.69. The third-order valence-electron chi connectivity index (χ3n) is 2.54. The molecule has 0 unspecified atom stereocenters. The van der Waals surface area contributed by atoms with Crippen molar-refractivity contribution < 1.29 is 5.11 Å². The normalized spacial score (nSPS) is 22.4. The summed E-state index contributed by atoms with van der Waals surface area (Å²) in [4.78, 5) is 2.52. The molecule has 1 fully saturated rings. The molecule has 2 nitrogen and oxygen atoms in total. The maximum Gasteiger partial charge on any atom is 0.0431 e. The van der Waals surface area contributed by atoms with Crippen molar-refractivity contribution in [2.45, 2.75) is 38.6 Å². The molecule has 0 bridgehead atoms. The molecule has 0 saturated carbocycles. The van der Waals surface area contributed by atoms with Gasteiger partial charge >= 0.3 is 0 Å². The Labute approximate surface area is 69.2 Å². The first-order chi connectivity index (χ1) is 5.34. The van der Waals surface area contributed by atoms with Crippen molar-refractivity contribution in [1.82, 2.24) is 4.90 Å². The van der Waals surface area contributed by atoms with Gasteiger partial charge in [0, 0.05) is 12.6 Å². The highest BCUT2D eigenvalue weighted by atomic mass is 16.2. The molecule has 1 atom stereocenters. The zero-order valence-electron chi connectivity index (χ0n) is 7.42. The molecule has 1 aliphatic heterocycles. The van der Waals surface area contributed by atoms with Gasteiger partial charge in [0.05, 0.1) is 0 Å². The predicted octanol–water partition coefficient (Wildman–Crippen LogP) is 1.24. The van der Waals surface area contributed by atoms with Crippen molar-refractivity contribution in [3.8, 4) is 0 Å². The molecule has 0 amide bonds. The molecule has 1 saturated heterocycles. The Kier molecular flexibility index (Phi) is 3.87. The highest BCUT2D eigenvalue weighted by molar-refractivity contribution is 4.72. The van der Waals surface area contributed by atoms with Crippen molar-refractivity contribution in [2.75, 3.05) is 19.7 Å². The van der Waals surface area contributed by atoms with Crippen LogP contribution in [0.1, 0.15) is 32.6 Å². The fourth-order valence-electron chi connectivity index (χ4n) is 1.75. The molecule has 0 aromatic heterocycles. The second-order valence-corrected chi connectivity index (χ2v) is 3.46. The van der Waals surface area contributed by atoms with Gasteiger partial charge in [-0.05, 0) is 45.7 Å². The standard InChI is InChI=1S/C9H19NO/c1-9(5-4-8-11)10-6-2-3-7-10/h9,11H,2-8H2,1H3/t9-/m1/s1. The van der Waals surface area contributed by atoms with Crippen LogP contribution in [0.3, 0.4) is 0 Å². The smallest absolute Gasteiger partial charge is 0.0431 e. The van der Waals surface area contributed by atoms with E-state index in [9.17, 15) is 0 Å². The number of aliphatic hydroxyl groups is 1. The maximum absolute atomic E-state index is 8.64. The molecule has 0 aliphatic carbocycles. The molecule has 2 heteroatoms. The number of aliphatic hydroxyl groups excluding tert-OH is 1. The van der Waals surface area contributed by atoms with Gasteiger partial charge in [0.15, 0.2) is 0 Å². The lowest BCUT2D eigenvalue weighted by Crippen LogP contribution is -2.30. The fraction of sp³-hybridized carbons (Fsp3) is 1.00. The van der Waals surface area contributed by atoms with Crippen LogP contribution in [0.15, 0.2) is 0 Å². The highest BCUT2D eigenvalue weighted by Crippen LogP contribution is 2.14. The number of hydrogen-bond acceptors (Lipinski definition) is 2. The molecular weight excluding hydrogens is 138 g/mol. The number of rotatable bonds is 4. The summed E-state index contributed by atoms with van der Waals surface area (Å²) in [5.41, 5.74) is 0. The van der Waals surface area contributed by atoms with Crippen LogP contribution in [0.5, 0.6) is 0 Å². The minimum Gasteiger partial charge on any atom is -0.396 e. The summed E-state index contributed by atoms with van der Waals surface area (Å²) in [5.74, 6) is 0. The monoisotopic (exact) mass is 157 g/mol. The first-order valence-corrected chi connectivity index (χ1v) is 4.69. The van der Waals surface area contributed by atoms with Gasteiger partial charge in [0.1, 0.15) is 0 Å². The fourth-order valence-corrected chi connectivity index (χ4v) is 1.75. The molecule has 0 radical (unpaired) electrons. The Balaban J connectivity index is 2.12. The molecule has 0 spiro atoms. The van der Waals surface area contributed by atoms with Gasteiger partial charge in [-0.25, -0.2) is 0 Å². The van der Waals surface area contributed by atoms with Crippen molar-refractivity contribution in [2.24, 2.45) is 0 Å². The van der Waals surface area contributed by atoms with E-state index in [0.717, 1.165) is 12.8 Å². The molecule has 1 aliphatic rings. The average molecular weight is 157 g/mol. The third-order valence-corrected chi connectivity index (χ3v) is 2.54. The lowest BCUT2D eigenvalue weighted by atomic mass is 10.2. The van der Waals surface area contributed by atoms with Crippen LogP contribution in [0, 0.1) is 0 Å². The number of hydrogen-bond donors (Lipinski definition) is 1. The Morgan fingerprint density at radius 3 is 2.55 bits per heavy atom. The van der Waals surface area contributed by atoms with Crippen LogP contribution in [0.4, 0.5) is 0 Å². The molecule has 1 N–H and O–H groups in total. The Morgan fingerprint density at radius 1 is 1.36 bits per heavy atom. The number of likely N-dealkylation sites (tertiary alicyclic amines) is 1.